The van der Waals surface area contributed by atoms with Crippen LogP contribution in [0.2, 0.25) is 0 Å². The molecule has 194 valence electrons. The minimum Gasteiger partial charge on any atom is -0.396 e. The van der Waals surface area contributed by atoms with Crippen molar-refractivity contribution in [1.82, 2.24) is 14.6 Å². The Balaban J connectivity index is 1.59. The lowest BCUT2D eigenvalue weighted by Gasteiger charge is -2.28. The van der Waals surface area contributed by atoms with Crippen LogP contribution in [-0.4, -0.2) is 52.1 Å². The first-order valence-corrected chi connectivity index (χ1v) is 12.5. The smallest absolute Gasteiger partial charge is 0.396 e. The van der Waals surface area contributed by atoms with E-state index in [4.69, 9.17) is 20.6 Å². The number of halogens is 3. The molecular weight excluding hydrogens is 471 g/mol. The van der Waals surface area contributed by atoms with Gasteiger partial charge in [-0.25, -0.2) is 9.50 Å². The molecule has 36 heavy (non-hydrogen) atoms. The Bertz CT molecular complexity index is 1240. The van der Waals surface area contributed by atoms with Crippen molar-refractivity contribution >= 4 is 17.2 Å². The molecule has 2 aliphatic rings. The zero-order valence-electron chi connectivity index (χ0n) is 20.4. The van der Waals surface area contributed by atoms with Gasteiger partial charge in [-0.2, -0.15) is 13.2 Å². The van der Waals surface area contributed by atoms with Gasteiger partial charge in [-0.15, -0.1) is 5.10 Å². The summed E-state index contributed by atoms with van der Waals surface area (Å²) in [5, 5.41) is 15.0. The fraction of sp³-hybridized carbons (Fsp3) is 0.538. The van der Waals surface area contributed by atoms with E-state index < -0.39 is 11.7 Å². The molecule has 0 spiro atoms. The van der Waals surface area contributed by atoms with Gasteiger partial charge in [0.05, 0.1) is 42.0 Å². The van der Waals surface area contributed by atoms with E-state index in [0.29, 0.717) is 61.9 Å². The molecule has 2 unspecified atom stereocenters. The number of benzene rings is 1. The predicted molar refractivity (Wildman–Crippen MR) is 131 cm³/mol. The molecule has 3 heterocycles. The van der Waals surface area contributed by atoms with Gasteiger partial charge in [-0.1, -0.05) is 18.6 Å². The number of aliphatic hydroxyl groups excluding tert-OH is 1. The fourth-order valence-electron chi connectivity index (χ4n) is 5.49. The average Bonchev–Trinajstić information content (AvgIpc) is 3.17. The van der Waals surface area contributed by atoms with E-state index in [0.717, 1.165) is 36.7 Å². The number of aliphatic hydroxyl groups is 1. The molecule has 0 radical (unpaired) electrons. The monoisotopic (exact) mass is 503 g/mol. The summed E-state index contributed by atoms with van der Waals surface area (Å²) in [5.41, 5.74) is 9.10. The first-order chi connectivity index (χ1) is 17.2. The van der Waals surface area contributed by atoms with Crippen LogP contribution in [-0.2, 0) is 23.8 Å². The van der Waals surface area contributed by atoms with Crippen molar-refractivity contribution in [3.63, 3.8) is 0 Å². The lowest BCUT2D eigenvalue weighted by molar-refractivity contribution is -0.138. The molecule has 2 atom stereocenters. The second kappa shape index (κ2) is 9.89. The summed E-state index contributed by atoms with van der Waals surface area (Å²) in [6.07, 6.45) is -0.454. The van der Waals surface area contributed by atoms with Gasteiger partial charge < -0.3 is 20.5 Å². The molecule has 0 amide bonds. The standard InChI is InChI=1S/C26H32F3N5O2/c1-16-18(5-3-7-20(16)26(27,28)29)14-23-22(13-17-4-2-6-19(35)12-17)31-25-21(30)15-24(32-34(23)25)33-8-10-36-11-9-33/h3,5,7,15,17,19,35H,2,4,6,8-14,30H2,1H3. The van der Waals surface area contributed by atoms with Crippen LogP contribution >= 0.6 is 0 Å². The number of imidazole rings is 1. The van der Waals surface area contributed by atoms with Gasteiger partial charge in [0.1, 0.15) is 0 Å². The molecule has 7 nitrogen and oxygen atoms in total. The Morgan fingerprint density at radius 1 is 1.19 bits per heavy atom. The topological polar surface area (TPSA) is 88.9 Å². The van der Waals surface area contributed by atoms with E-state index in [1.165, 1.54) is 13.0 Å². The Morgan fingerprint density at radius 2 is 1.97 bits per heavy atom. The highest BCUT2D eigenvalue weighted by molar-refractivity contribution is 5.69. The van der Waals surface area contributed by atoms with Crippen molar-refractivity contribution in [1.29, 1.82) is 0 Å². The molecular formula is C26H32F3N5O2. The summed E-state index contributed by atoms with van der Waals surface area (Å²) >= 11 is 0. The second-order valence-electron chi connectivity index (χ2n) is 9.95. The molecule has 3 aromatic rings. The van der Waals surface area contributed by atoms with Gasteiger partial charge in [0.25, 0.3) is 0 Å². The molecule has 1 saturated heterocycles. The van der Waals surface area contributed by atoms with Crippen molar-refractivity contribution in [2.45, 2.75) is 57.7 Å². The van der Waals surface area contributed by atoms with Crippen molar-refractivity contribution in [3.05, 3.63) is 52.3 Å². The summed E-state index contributed by atoms with van der Waals surface area (Å²) in [7, 11) is 0. The van der Waals surface area contributed by atoms with Crippen molar-refractivity contribution < 1.29 is 23.0 Å². The van der Waals surface area contributed by atoms with Crippen molar-refractivity contribution in [3.8, 4) is 0 Å². The first-order valence-electron chi connectivity index (χ1n) is 12.5. The maximum Gasteiger partial charge on any atom is 0.416 e. The highest BCUT2D eigenvalue weighted by atomic mass is 19.4. The van der Waals surface area contributed by atoms with E-state index in [1.807, 2.05) is 0 Å². The van der Waals surface area contributed by atoms with Gasteiger partial charge in [0, 0.05) is 25.6 Å². The number of hydrogen-bond donors (Lipinski definition) is 2. The maximum atomic E-state index is 13.6. The lowest BCUT2D eigenvalue weighted by atomic mass is 9.84. The fourth-order valence-corrected chi connectivity index (χ4v) is 5.49. The van der Waals surface area contributed by atoms with Crippen LogP contribution in [0.15, 0.2) is 24.3 Å². The van der Waals surface area contributed by atoms with Crippen molar-refractivity contribution in [2.75, 3.05) is 36.9 Å². The molecule has 10 heteroatoms. The number of ether oxygens (including phenoxy) is 1. The number of rotatable bonds is 5. The largest absolute Gasteiger partial charge is 0.416 e. The molecule has 2 fully saturated rings. The van der Waals surface area contributed by atoms with Crippen LogP contribution < -0.4 is 10.6 Å². The van der Waals surface area contributed by atoms with Crippen LogP contribution in [0.5, 0.6) is 0 Å². The quantitative estimate of drug-likeness (QED) is 0.544. The zero-order valence-corrected chi connectivity index (χ0v) is 20.4. The Labute approximate surface area is 208 Å². The highest BCUT2D eigenvalue weighted by Gasteiger charge is 2.33. The molecule has 1 saturated carbocycles. The van der Waals surface area contributed by atoms with Crippen LogP contribution in [0.25, 0.3) is 5.65 Å². The number of aromatic nitrogens is 3. The molecule has 1 aliphatic carbocycles. The average molecular weight is 504 g/mol. The summed E-state index contributed by atoms with van der Waals surface area (Å²) in [6, 6.07) is 6.10. The number of nitrogen functional groups attached to an aromatic ring is 1. The normalized spacial score (nSPS) is 21.3. The maximum absolute atomic E-state index is 13.6. The van der Waals surface area contributed by atoms with E-state index in [9.17, 15) is 18.3 Å². The van der Waals surface area contributed by atoms with Crippen LogP contribution in [0.3, 0.4) is 0 Å². The van der Waals surface area contributed by atoms with Crippen LogP contribution in [0, 0.1) is 12.8 Å². The SMILES string of the molecule is Cc1c(Cc2c(CC3CCCC(O)C3)nc3c(N)cc(N4CCOCC4)nn23)cccc1C(F)(F)F. The van der Waals surface area contributed by atoms with E-state index in [1.54, 1.807) is 16.6 Å². The van der Waals surface area contributed by atoms with Crippen LogP contribution in [0.4, 0.5) is 24.7 Å². The molecule has 2 aromatic heterocycles. The first kappa shape index (κ1) is 24.8. The van der Waals surface area contributed by atoms with Gasteiger partial charge >= 0.3 is 6.18 Å². The number of hydrogen-bond acceptors (Lipinski definition) is 6. The summed E-state index contributed by atoms with van der Waals surface area (Å²) < 4.78 is 48.0. The number of alkyl halides is 3. The number of nitrogens with zero attached hydrogens (tertiary/aromatic N) is 4. The van der Waals surface area contributed by atoms with Gasteiger partial charge in [-0.05, 0) is 55.7 Å². The van der Waals surface area contributed by atoms with E-state index in [2.05, 4.69) is 4.90 Å². The Kier molecular flexibility index (Phi) is 6.82. The number of nitrogens with two attached hydrogens (primary N) is 1. The predicted octanol–water partition coefficient (Wildman–Crippen LogP) is 4.16. The summed E-state index contributed by atoms with van der Waals surface area (Å²) in [5.74, 6) is 0.947. The Hall–Kier alpha value is -2.85. The zero-order chi connectivity index (χ0) is 25.4. The third-order valence-corrected chi connectivity index (χ3v) is 7.46. The molecule has 3 N–H and O–H groups in total. The molecule has 1 aliphatic heterocycles. The highest BCUT2D eigenvalue weighted by Crippen LogP contribution is 2.35. The molecule has 1 aromatic carbocycles. The molecule has 5 rings (SSSR count). The van der Waals surface area contributed by atoms with Crippen molar-refractivity contribution in [2.24, 2.45) is 5.92 Å². The van der Waals surface area contributed by atoms with Gasteiger partial charge in [-0.3, -0.25) is 0 Å². The van der Waals surface area contributed by atoms with Gasteiger partial charge in [0.15, 0.2) is 11.5 Å². The molecule has 0 bridgehead atoms. The summed E-state index contributed by atoms with van der Waals surface area (Å²) in [4.78, 5) is 6.94. The lowest BCUT2D eigenvalue weighted by Crippen LogP contribution is -2.37. The number of morpholine rings is 1. The van der Waals surface area contributed by atoms with Crippen LogP contribution in [0.1, 0.15) is 53.8 Å². The second-order valence-corrected chi connectivity index (χ2v) is 9.95. The third-order valence-electron chi connectivity index (χ3n) is 7.46. The van der Waals surface area contributed by atoms with E-state index in [-0.39, 0.29) is 24.0 Å². The van der Waals surface area contributed by atoms with E-state index >= 15 is 0 Å². The summed E-state index contributed by atoms with van der Waals surface area (Å²) in [6.45, 7) is 4.06. The Morgan fingerprint density at radius 3 is 2.69 bits per heavy atom. The number of fused-ring (bicyclic) bond motifs is 1. The minimum absolute atomic E-state index is 0.205. The third kappa shape index (κ3) is 5.01. The van der Waals surface area contributed by atoms with Gasteiger partial charge in [0.2, 0.25) is 0 Å². The minimum atomic E-state index is -4.42. The number of anilines is 2.